The number of nitrogens with two attached hydrogens (primary N) is 1. The molecule has 1 saturated carbocycles. The highest BCUT2D eigenvalue weighted by Gasteiger charge is 2.66. The average molecular weight is 472 g/mol. The average Bonchev–Trinajstić information content (AvgIpc) is 3.50. The van der Waals surface area contributed by atoms with Crippen LogP contribution in [0.5, 0.6) is 5.88 Å². The van der Waals surface area contributed by atoms with E-state index in [1.165, 1.54) is 36.3 Å². The molecule has 174 valence electrons. The van der Waals surface area contributed by atoms with Gasteiger partial charge in [0.1, 0.15) is 17.6 Å². The van der Waals surface area contributed by atoms with Crippen LogP contribution in [-0.4, -0.2) is 45.6 Å². The van der Waals surface area contributed by atoms with Gasteiger partial charge in [0, 0.05) is 24.3 Å². The molecule has 1 fully saturated rings. The van der Waals surface area contributed by atoms with Gasteiger partial charge in [-0.1, -0.05) is 24.4 Å². The standard InChI is InChI=1S/C23H26FN5O3S/c1-5-13(2)32-19-11-26-17(10-27-19)20(30)28-14-6-7-16(24)15(8-14)22(3)18-9-23(18,12-31-4)33-21(25)29-22/h5-8,10-11,13,18H,1,9,12H2,2-4H3,(H2,25,29)(H,28,30)/t13-,18-,22-,23+/m0/s1. The number of hydrogen-bond donors (Lipinski definition) is 2. The summed E-state index contributed by atoms with van der Waals surface area (Å²) in [5.41, 5.74) is 6.15. The molecule has 0 spiro atoms. The molecule has 3 N–H and O–H groups in total. The fraction of sp³-hybridized carbons (Fsp3) is 0.391. The van der Waals surface area contributed by atoms with Gasteiger partial charge in [0.05, 0.1) is 29.3 Å². The van der Waals surface area contributed by atoms with E-state index >= 15 is 0 Å². The number of fused-ring (bicyclic) bond motifs is 1. The van der Waals surface area contributed by atoms with E-state index in [2.05, 4.69) is 26.9 Å². The van der Waals surface area contributed by atoms with Crippen LogP contribution in [0.1, 0.15) is 36.3 Å². The number of carbonyl (C=O) groups is 1. The molecule has 4 rings (SSSR count). The zero-order valence-corrected chi connectivity index (χ0v) is 19.5. The van der Waals surface area contributed by atoms with Crippen molar-refractivity contribution in [3.63, 3.8) is 0 Å². The largest absolute Gasteiger partial charge is 0.469 e. The van der Waals surface area contributed by atoms with Crippen LogP contribution < -0.4 is 15.8 Å². The van der Waals surface area contributed by atoms with E-state index in [1.54, 1.807) is 19.3 Å². The Kier molecular flexibility index (Phi) is 6.15. The molecule has 2 aliphatic rings. The summed E-state index contributed by atoms with van der Waals surface area (Å²) in [4.78, 5) is 25.5. The van der Waals surface area contributed by atoms with Crippen molar-refractivity contribution in [1.29, 1.82) is 0 Å². The van der Waals surface area contributed by atoms with Gasteiger partial charge in [0.25, 0.3) is 5.91 Å². The zero-order chi connectivity index (χ0) is 23.8. The van der Waals surface area contributed by atoms with Crippen LogP contribution in [0.15, 0.2) is 48.2 Å². The number of aliphatic imine (C=N–C) groups is 1. The minimum Gasteiger partial charge on any atom is -0.469 e. The van der Waals surface area contributed by atoms with E-state index in [0.717, 1.165) is 6.42 Å². The SMILES string of the molecule is C=C[C@H](C)Oc1cnc(C(=O)Nc2ccc(F)c([C@]3(C)N=C(N)S[C@@]4(COC)C[C@H]43)c2)cn1. The predicted molar refractivity (Wildman–Crippen MR) is 126 cm³/mol. The van der Waals surface area contributed by atoms with Crippen LogP contribution in [0, 0.1) is 11.7 Å². The summed E-state index contributed by atoms with van der Waals surface area (Å²) < 4.78 is 25.6. The molecule has 8 nitrogen and oxygen atoms in total. The number of thioether (sulfide) groups is 1. The maximum atomic E-state index is 15.0. The molecule has 2 heterocycles. The molecule has 4 atom stereocenters. The number of carbonyl (C=O) groups excluding carboxylic acids is 1. The van der Waals surface area contributed by atoms with Gasteiger partial charge in [-0.25, -0.2) is 14.4 Å². The Morgan fingerprint density at radius 2 is 2.24 bits per heavy atom. The molecule has 0 radical (unpaired) electrons. The first kappa shape index (κ1) is 23.2. The third-order valence-electron chi connectivity index (χ3n) is 6.01. The lowest BCUT2D eigenvalue weighted by Crippen LogP contribution is -2.37. The number of hydrogen-bond acceptors (Lipinski definition) is 8. The second kappa shape index (κ2) is 8.75. The molecule has 1 amide bonds. The first-order valence-corrected chi connectivity index (χ1v) is 11.3. The summed E-state index contributed by atoms with van der Waals surface area (Å²) in [5.74, 6) is -0.532. The molecule has 0 saturated heterocycles. The van der Waals surface area contributed by atoms with Crippen molar-refractivity contribution in [2.75, 3.05) is 19.0 Å². The van der Waals surface area contributed by atoms with Gasteiger partial charge in [0.15, 0.2) is 5.17 Å². The van der Waals surface area contributed by atoms with E-state index < -0.39 is 17.3 Å². The van der Waals surface area contributed by atoms with Crippen molar-refractivity contribution in [2.24, 2.45) is 16.6 Å². The molecule has 1 aromatic carbocycles. The lowest BCUT2D eigenvalue weighted by molar-refractivity contribution is 0.102. The number of nitrogens with zero attached hydrogens (tertiary/aromatic N) is 3. The molecule has 0 unspecified atom stereocenters. The van der Waals surface area contributed by atoms with Crippen LogP contribution in [0.4, 0.5) is 10.1 Å². The van der Waals surface area contributed by atoms with Crippen LogP contribution >= 0.6 is 11.8 Å². The number of aromatic nitrogens is 2. The van der Waals surface area contributed by atoms with Crippen molar-refractivity contribution in [3.05, 3.63) is 60.3 Å². The number of benzene rings is 1. The number of amides is 1. The Hall–Kier alpha value is -2.98. The Morgan fingerprint density at radius 1 is 1.45 bits per heavy atom. The fourth-order valence-corrected chi connectivity index (χ4v) is 5.70. The molecule has 33 heavy (non-hydrogen) atoms. The van der Waals surface area contributed by atoms with Gasteiger partial charge in [0.2, 0.25) is 5.88 Å². The number of methoxy groups -OCH3 is 1. The van der Waals surface area contributed by atoms with Crippen molar-refractivity contribution in [3.8, 4) is 5.88 Å². The molecule has 10 heteroatoms. The highest BCUT2D eigenvalue weighted by Crippen LogP contribution is 2.66. The number of halogens is 1. The molecular formula is C23H26FN5O3S. The summed E-state index contributed by atoms with van der Waals surface area (Å²) in [6.07, 6.45) is 4.89. The highest BCUT2D eigenvalue weighted by molar-refractivity contribution is 8.15. The van der Waals surface area contributed by atoms with Gasteiger partial charge in [-0.3, -0.25) is 9.79 Å². The van der Waals surface area contributed by atoms with E-state index in [9.17, 15) is 9.18 Å². The van der Waals surface area contributed by atoms with Crippen molar-refractivity contribution in [1.82, 2.24) is 9.97 Å². The van der Waals surface area contributed by atoms with Gasteiger partial charge in [-0.2, -0.15) is 0 Å². The van der Waals surface area contributed by atoms with Crippen molar-refractivity contribution < 1.29 is 18.7 Å². The zero-order valence-electron chi connectivity index (χ0n) is 18.7. The van der Waals surface area contributed by atoms with E-state index in [-0.39, 0.29) is 28.3 Å². The minimum atomic E-state index is -0.862. The topological polar surface area (TPSA) is 112 Å². The quantitative estimate of drug-likeness (QED) is 0.567. The molecular weight excluding hydrogens is 445 g/mol. The molecule has 1 aliphatic carbocycles. The summed E-state index contributed by atoms with van der Waals surface area (Å²) in [7, 11) is 1.64. The number of rotatable bonds is 8. The Morgan fingerprint density at radius 3 is 2.91 bits per heavy atom. The molecule has 2 aromatic rings. The highest BCUT2D eigenvalue weighted by atomic mass is 32.2. The fourth-order valence-electron chi connectivity index (χ4n) is 4.25. The summed E-state index contributed by atoms with van der Waals surface area (Å²) in [6.45, 7) is 7.84. The summed E-state index contributed by atoms with van der Waals surface area (Å²) in [5, 5.41) is 3.16. The number of amidine groups is 1. The normalized spacial score (nSPS) is 26.5. The van der Waals surface area contributed by atoms with Crippen LogP contribution in [0.25, 0.3) is 0 Å². The number of ether oxygens (including phenoxy) is 2. The monoisotopic (exact) mass is 471 g/mol. The first-order chi connectivity index (χ1) is 15.7. The number of nitrogens with one attached hydrogen (secondary N) is 1. The third-order valence-corrected chi connectivity index (χ3v) is 7.29. The second-order valence-electron chi connectivity index (χ2n) is 8.40. The summed E-state index contributed by atoms with van der Waals surface area (Å²) in [6, 6.07) is 4.42. The minimum absolute atomic E-state index is 0.0686. The predicted octanol–water partition coefficient (Wildman–Crippen LogP) is 3.50. The number of anilines is 1. The van der Waals surface area contributed by atoms with Crippen LogP contribution in [-0.2, 0) is 10.3 Å². The van der Waals surface area contributed by atoms with Crippen molar-refractivity contribution >= 4 is 28.5 Å². The lowest BCUT2D eigenvalue weighted by atomic mass is 9.85. The third kappa shape index (κ3) is 4.45. The first-order valence-electron chi connectivity index (χ1n) is 10.5. The van der Waals surface area contributed by atoms with Crippen molar-refractivity contribution in [2.45, 2.75) is 36.7 Å². The van der Waals surface area contributed by atoms with E-state index in [4.69, 9.17) is 15.2 Å². The second-order valence-corrected chi connectivity index (χ2v) is 9.84. The Balaban J connectivity index is 1.55. The maximum Gasteiger partial charge on any atom is 0.275 e. The summed E-state index contributed by atoms with van der Waals surface area (Å²) >= 11 is 1.49. The smallest absolute Gasteiger partial charge is 0.275 e. The molecule has 1 aromatic heterocycles. The van der Waals surface area contributed by atoms with E-state index in [0.29, 0.717) is 23.0 Å². The molecule has 1 aliphatic heterocycles. The lowest BCUT2D eigenvalue weighted by Gasteiger charge is -2.34. The van der Waals surface area contributed by atoms with Gasteiger partial charge < -0.3 is 20.5 Å². The Bertz CT molecular complexity index is 1110. The van der Waals surface area contributed by atoms with Crippen LogP contribution in [0.2, 0.25) is 0 Å². The van der Waals surface area contributed by atoms with E-state index in [1.807, 2.05) is 13.8 Å². The Labute approximate surface area is 195 Å². The van der Waals surface area contributed by atoms with Crippen LogP contribution in [0.3, 0.4) is 0 Å². The van der Waals surface area contributed by atoms with Gasteiger partial charge >= 0.3 is 0 Å². The maximum absolute atomic E-state index is 15.0. The van der Waals surface area contributed by atoms with Gasteiger partial charge in [-0.05, 0) is 38.5 Å². The molecule has 0 bridgehead atoms. The van der Waals surface area contributed by atoms with Gasteiger partial charge in [-0.15, -0.1) is 0 Å².